The first-order valence-corrected chi connectivity index (χ1v) is 7.67. The van der Waals surface area contributed by atoms with Crippen LogP contribution in [-0.2, 0) is 6.54 Å². The number of nitrogens with zero attached hydrogens (tertiary/aromatic N) is 2. The minimum Gasteiger partial charge on any atom is -0.383 e. The molecular formula is C13H16BrN3S. The second-order valence-electron chi connectivity index (χ2n) is 3.99. The topological polar surface area (TPSA) is 43.8 Å². The van der Waals surface area contributed by atoms with Gasteiger partial charge in [-0.25, -0.2) is 4.68 Å². The monoisotopic (exact) mass is 325 g/mol. The van der Waals surface area contributed by atoms with Gasteiger partial charge in [-0.2, -0.15) is 5.10 Å². The molecule has 0 unspecified atom stereocenters. The van der Waals surface area contributed by atoms with Gasteiger partial charge in [0.05, 0.1) is 17.6 Å². The lowest BCUT2D eigenvalue weighted by molar-refractivity contribution is 0.694. The molecule has 1 aromatic heterocycles. The Kier molecular flexibility index (Phi) is 4.72. The minimum atomic E-state index is 0.694. The van der Waals surface area contributed by atoms with Gasteiger partial charge in [0, 0.05) is 4.47 Å². The maximum Gasteiger partial charge on any atom is 0.135 e. The van der Waals surface area contributed by atoms with Crippen LogP contribution < -0.4 is 5.73 Å². The predicted octanol–water partition coefficient (Wildman–Crippen LogP) is 3.78. The summed E-state index contributed by atoms with van der Waals surface area (Å²) in [4.78, 5) is 1.07. The Morgan fingerprint density at radius 1 is 1.39 bits per heavy atom. The number of benzene rings is 1. The zero-order chi connectivity index (χ0) is 13.0. The number of halogens is 1. The highest BCUT2D eigenvalue weighted by molar-refractivity contribution is 9.10. The molecule has 96 valence electrons. The van der Waals surface area contributed by atoms with Gasteiger partial charge < -0.3 is 5.73 Å². The number of anilines is 1. The summed E-state index contributed by atoms with van der Waals surface area (Å²) in [7, 11) is 0. The Morgan fingerprint density at radius 3 is 2.89 bits per heavy atom. The van der Waals surface area contributed by atoms with Gasteiger partial charge in [-0.05, 0) is 23.8 Å². The molecule has 0 radical (unpaired) electrons. The summed E-state index contributed by atoms with van der Waals surface area (Å²) >= 11 is 5.30. The van der Waals surface area contributed by atoms with Gasteiger partial charge in [-0.15, -0.1) is 11.8 Å². The van der Waals surface area contributed by atoms with Crippen molar-refractivity contribution in [1.82, 2.24) is 9.78 Å². The maximum absolute atomic E-state index is 6.11. The van der Waals surface area contributed by atoms with E-state index < -0.39 is 0 Å². The van der Waals surface area contributed by atoms with Crippen LogP contribution in [0.4, 0.5) is 5.82 Å². The number of thioether (sulfide) groups is 1. The molecule has 0 saturated carbocycles. The molecule has 0 saturated heterocycles. The highest BCUT2D eigenvalue weighted by Crippen LogP contribution is 2.26. The van der Waals surface area contributed by atoms with Crippen LogP contribution in [0, 0.1) is 0 Å². The van der Waals surface area contributed by atoms with Crippen LogP contribution >= 0.6 is 27.7 Å². The number of rotatable bonds is 5. The van der Waals surface area contributed by atoms with Crippen molar-refractivity contribution in [1.29, 1.82) is 0 Å². The summed E-state index contributed by atoms with van der Waals surface area (Å²) in [5.41, 5.74) is 7.29. The molecule has 0 spiro atoms. The molecule has 0 aliphatic heterocycles. The molecule has 0 amide bonds. The fraction of sp³-hybridized carbons (Fsp3) is 0.308. The summed E-state index contributed by atoms with van der Waals surface area (Å²) in [5.74, 6) is 1.83. The van der Waals surface area contributed by atoms with E-state index in [1.54, 1.807) is 11.8 Å². The summed E-state index contributed by atoms with van der Waals surface area (Å²) in [6.07, 6.45) is 2.99. The molecule has 5 heteroatoms. The fourth-order valence-electron chi connectivity index (χ4n) is 1.61. The molecule has 0 aliphatic rings. The fourth-order valence-corrected chi connectivity index (χ4v) is 2.82. The van der Waals surface area contributed by atoms with Gasteiger partial charge in [-0.3, -0.25) is 0 Å². The normalized spacial score (nSPS) is 10.8. The summed E-state index contributed by atoms with van der Waals surface area (Å²) in [5, 5.41) is 4.36. The maximum atomic E-state index is 6.11. The molecule has 1 aromatic carbocycles. The first-order chi connectivity index (χ1) is 8.72. The van der Waals surface area contributed by atoms with Crippen molar-refractivity contribution in [3.05, 3.63) is 40.5 Å². The third-order valence-corrected chi connectivity index (χ3v) is 4.60. The smallest absolute Gasteiger partial charge is 0.135 e. The van der Waals surface area contributed by atoms with Gasteiger partial charge in [-0.1, -0.05) is 41.1 Å². The molecule has 0 aliphatic carbocycles. The number of nitrogen functional groups attached to an aromatic ring is 1. The van der Waals surface area contributed by atoms with Crippen LogP contribution in [0.15, 0.2) is 39.8 Å². The van der Waals surface area contributed by atoms with Gasteiger partial charge in [0.2, 0.25) is 0 Å². The molecule has 0 bridgehead atoms. The molecule has 0 fully saturated rings. The van der Waals surface area contributed by atoms with E-state index in [1.807, 2.05) is 29.1 Å². The van der Waals surface area contributed by atoms with E-state index >= 15 is 0 Å². The molecule has 2 N–H and O–H groups in total. The second-order valence-corrected chi connectivity index (χ2v) is 5.98. The number of hydrogen-bond donors (Lipinski definition) is 1. The Balaban J connectivity index is 2.15. The van der Waals surface area contributed by atoms with E-state index in [4.69, 9.17) is 5.73 Å². The molecule has 3 nitrogen and oxygen atoms in total. The predicted molar refractivity (Wildman–Crippen MR) is 80.9 cm³/mol. The van der Waals surface area contributed by atoms with Gasteiger partial charge in [0.1, 0.15) is 5.82 Å². The number of nitrogens with two attached hydrogens (primary N) is 1. The van der Waals surface area contributed by atoms with E-state index in [0.29, 0.717) is 6.54 Å². The highest BCUT2D eigenvalue weighted by Gasteiger charge is 2.09. The summed E-state index contributed by atoms with van der Waals surface area (Å²) in [6.45, 7) is 2.86. The number of aromatic nitrogens is 2. The van der Waals surface area contributed by atoms with Crippen molar-refractivity contribution in [2.45, 2.75) is 24.8 Å². The SMILES string of the molecule is CCCSc1cnn(Cc2ccccc2Br)c1N. The van der Waals surface area contributed by atoms with E-state index in [0.717, 1.165) is 27.4 Å². The third-order valence-electron chi connectivity index (χ3n) is 2.58. The Bertz CT molecular complexity index is 525. The molecule has 2 aromatic rings. The molecule has 0 atom stereocenters. The Labute approximate surface area is 120 Å². The van der Waals surface area contributed by atoms with Crippen molar-refractivity contribution in [2.75, 3.05) is 11.5 Å². The Hall–Kier alpha value is -0.940. The minimum absolute atomic E-state index is 0.694. The standard InChI is InChI=1S/C13H16BrN3S/c1-2-7-18-12-8-16-17(13(12)15)9-10-5-3-4-6-11(10)14/h3-6,8H,2,7,9,15H2,1H3. The van der Waals surface area contributed by atoms with Crippen molar-refractivity contribution in [3.63, 3.8) is 0 Å². The third kappa shape index (κ3) is 3.09. The van der Waals surface area contributed by atoms with E-state index in [9.17, 15) is 0 Å². The van der Waals surface area contributed by atoms with Crippen molar-refractivity contribution in [3.8, 4) is 0 Å². The van der Waals surface area contributed by atoms with Crippen LogP contribution in [0.25, 0.3) is 0 Å². The lowest BCUT2D eigenvalue weighted by atomic mass is 10.2. The van der Waals surface area contributed by atoms with Crippen molar-refractivity contribution < 1.29 is 0 Å². The van der Waals surface area contributed by atoms with Crippen molar-refractivity contribution in [2.24, 2.45) is 0 Å². The molecule has 1 heterocycles. The van der Waals surface area contributed by atoms with Crippen molar-refractivity contribution >= 4 is 33.5 Å². The van der Waals surface area contributed by atoms with Gasteiger partial charge in [0.25, 0.3) is 0 Å². The Morgan fingerprint density at radius 2 is 2.17 bits per heavy atom. The second kappa shape index (κ2) is 6.29. The van der Waals surface area contributed by atoms with Crippen LogP contribution in [0.2, 0.25) is 0 Å². The lowest BCUT2D eigenvalue weighted by Crippen LogP contribution is -2.06. The van der Waals surface area contributed by atoms with E-state index in [2.05, 4.69) is 34.0 Å². The summed E-state index contributed by atoms with van der Waals surface area (Å²) < 4.78 is 2.93. The van der Waals surface area contributed by atoms with Crippen LogP contribution in [0.3, 0.4) is 0 Å². The number of hydrogen-bond acceptors (Lipinski definition) is 3. The zero-order valence-corrected chi connectivity index (χ0v) is 12.7. The van der Waals surface area contributed by atoms with Gasteiger partial charge in [0.15, 0.2) is 0 Å². The molecular weight excluding hydrogens is 310 g/mol. The lowest BCUT2D eigenvalue weighted by Gasteiger charge is -2.07. The average molecular weight is 326 g/mol. The quantitative estimate of drug-likeness (QED) is 0.851. The first kappa shape index (κ1) is 13.5. The van der Waals surface area contributed by atoms with Crippen LogP contribution in [0.5, 0.6) is 0 Å². The van der Waals surface area contributed by atoms with Crippen LogP contribution in [0.1, 0.15) is 18.9 Å². The van der Waals surface area contributed by atoms with Crippen LogP contribution in [-0.4, -0.2) is 15.5 Å². The highest BCUT2D eigenvalue weighted by atomic mass is 79.9. The zero-order valence-electron chi connectivity index (χ0n) is 10.3. The average Bonchev–Trinajstić information content (AvgIpc) is 2.71. The van der Waals surface area contributed by atoms with E-state index in [-0.39, 0.29) is 0 Å². The largest absolute Gasteiger partial charge is 0.383 e. The molecule has 2 rings (SSSR count). The van der Waals surface area contributed by atoms with E-state index in [1.165, 1.54) is 5.56 Å². The molecule has 18 heavy (non-hydrogen) atoms. The first-order valence-electron chi connectivity index (χ1n) is 5.90. The van der Waals surface area contributed by atoms with Gasteiger partial charge >= 0.3 is 0 Å². The summed E-state index contributed by atoms with van der Waals surface area (Å²) in [6, 6.07) is 8.13.